The molecule has 1 unspecified atom stereocenters. The van der Waals surface area contributed by atoms with Crippen LogP contribution in [0.15, 0.2) is 12.4 Å². The summed E-state index contributed by atoms with van der Waals surface area (Å²) in [5.41, 5.74) is 6.48. The van der Waals surface area contributed by atoms with Gasteiger partial charge in [0, 0.05) is 17.8 Å². The number of aromatic nitrogens is 2. The predicted octanol–water partition coefficient (Wildman–Crippen LogP) is 0.233. The Morgan fingerprint density at radius 3 is 2.92 bits per heavy atom. The molecule has 0 saturated carbocycles. The number of halogens is 1. The first-order valence-electron chi connectivity index (χ1n) is 4.15. The largest absolute Gasteiger partial charge is 0.388 e. The average Bonchev–Trinajstić information content (AvgIpc) is 2.52. The minimum absolute atomic E-state index is 0.0868. The Balaban J connectivity index is 2.58. The second-order valence-corrected chi connectivity index (χ2v) is 3.09. The van der Waals surface area contributed by atoms with E-state index in [-0.39, 0.29) is 12.6 Å². The van der Waals surface area contributed by atoms with E-state index in [2.05, 4.69) is 5.10 Å². The summed E-state index contributed by atoms with van der Waals surface area (Å²) in [4.78, 5) is 0. The molecule has 0 aliphatic carbocycles. The van der Waals surface area contributed by atoms with Crippen molar-refractivity contribution in [2.24, 2.45) is 5.73 Å². The van der Waals surface area contributed by atoms with Crippen LogP contribution >= 0.6 is 0 Å². The second kappa shape index (κ2) is 4.34. The molecule has 74 valence electrons. The van der Waals surface area contributed by atoms with Gasteiger partial charge in [0.1, 0.15) is 12.8 Å². The van der Waals surface area contributed by atoms with Gasteiger partial charge in [0.25, 0.3) is 0 Å². The molecule has 0 aliphatic rings. The monoisotopic (exact) mass is 187 g/mol. The van der Waals surface area contributed by atoms with Gasteiger partial charge in [0.2, 0.25) is 0 Å². The van der Waals surface area contributed by atoms with E-state index >= 15 is 0 Å². The Kier molecular flexibility index (Phi) is 3.39. The molecule has 1 aromatic rings. The number of aliphatic hydroxyl groups excluding tert-OH is 1. The van der Waals surface area contributed by atoms with Crippen molar-refractivity contribution in [3.8, 4) is 0 Å². The van der Waals surface area contributed by atoms with Crippen LogP contribution in [0.25, 0.3) is 0 Å². The van der Waals surface area contributed by atoms with Crippen molar-refractivity contribution in [1.29, 1.82) is 0 Å². The highest BCUT2D eigenvalue weighted by Gasteiger charge is 2.07. The van der Waals surface area contributed by atoms with Crippen LogP contribution in [0.5, 0.6) is 0 Å². The molecule has 1 aromatic heterocycles. The fraction of sp³-hybridized carbons (Fsp3) is 0.625. The maximum Gasteiger partial charge on any atom is 0.117 e. The first-order chi connectivity index (χ1) is 6.13. The molecule has 0 radical (unpaired) electrons. The van der Waals surface area contributed by atoms with Crippen LogP contribution in [-0.2, 0) is 6.54 Å². The fourth-order valence-electron chi connectivity index (χ4n) is 0.979. The van der Waals surface area contributed by atoms with Gasteiger partial charge in [-0.05, 0) is 6.92 Å². The summed E-state index contributed by atoms with van der Waals surface area (Å²) in [5, 5.41) is 12.9. The lowest BCUT2D eigenvalue weighted by Gasteiger charge is -2.05. The molecule has 3 N–H and O–H groups in total. The maximum atomic E-state index is 11.9. The topological polar surface area (TPSA) is 64.1 Å². The van der Waals surface area contributed by atoms with E-state index in [0.717, 1.165) is 5.56 Å². The van der Waals surface area contributed by atoms with Crippen LogP contribution in [0.4, 0.5) is 4.39 Å². The van der Waals surface area contributed by atoms with E-state index in [1.165, 1.54) is 4.68 Å². The van der Waals surface area contributed by atoms with Crippen molar-refractivity contribution in [3.63, 3.8) is 0 Å². The minimum Gasteiger partial charge on any atom is -0.388 e. The summed E-state index contributed by atoms with van der Waals surface area (Å²) in [7, 11) is 0. The van der Waals surface area contributed by atoms with Crippen LogP contribution in [0.2, 0.25) is 0 Å². The second-order valence-electron chi connectivity index (χ2n) is 3.09. The number of nitrogens with zero attached hydrogens (tertiary/aromatic N) is 2. The fourth-order valence-corrected chi connectivity index (χ4v) is 0.979. The van der Waals surface area contributed by atoms with Crippen molar-refractivity contribution >= 4 is 0 Å². The summed E-state index contributed by atoms with van der Waals surface area (Å²) < 4.78 is 13.4. The lowest BCUT2D eigenvalue weighted by molar-refractivity contribution is 0.118. The van der Waals surface area contributed by atoms with E-state index in [1.54, 1.807) is 12.4 Å². The Morgan fingerprint density at radius 1 is 1.77 bits per heavy atom. The van der Waals surface area contributed by atoms with Crippen LogP contribution < -0.4 is 5.73 Å². The Labute approximate surface area is 76.2 Å². The van der Waals surface area contributed by atoms with Crippen molar-refractivity contribution in [2.45, 2.75) is 25.6 Å². The molecule has 0 saturated heterocycles. The first kappa shape index (κ1) is 10.1. The van der Waals surface area contributed by atoms with Gasteiger partial charge in [-0.1, -0.05) is 0 Å². The summed E-state index contributed by atoms with van der Waals surface area (Å²) in [5.74, 6) is 0. The number of aliphatic hydroxyl groups is 1. The zero-order valence-electron chi connectivity index (χ0n) is 7.52. The van der Waals surface area contributed by atoms with Gasteiger partial charge < -0.3 is 10.8 Å². The van der Waals surface area contributed by atoms with Gasteiger partial charge in [0.15, 0.2) is 0 Å². The van der Waals surface area contributed by atoms with Crippen LogP contribution in [0.3, 0.4) is 0 Å². The first-order valence-corrected chi connectivity index (χ1v) is 4.15. The van der Waals surface area contributed by atoms with Crippen molar-refractivity contribution < 1.29 is 9.50 Å². The standard InChI is InChI=1S/C8H14FN3O/c1-6(10)7-3-11-12(4-7)5-8(13)2-9/h3-4,6,8,13H,2,5,10H2,1H3/t6-,8?/m0/s1. The lowest BCUT2D eigenvalue weighted by atomic mass is 10.2. The number of alkyl halides is 1. The van der Waals surface area contributed by atoms with E-state index in [0.29, 0.717) is 0 Å². The van der Waals surface area contributed by atoms with Gasteiger partial charge in [0.05, 0.1) is 12.7 Å². The highest BCUT2D eigenvalue weighted by Crippen LogP contribution is 2.07. The molecular weight excluding hydrogens is 173 g/mol. The molecule has 4 nitrogen and oxygen atoms in total. The molecule has 0 spiro atoms. The Morgan fingerprint density at radius 2 is 2.46 bits per heavy atom. The summed E-state index contributed by atoms with van der Waals surface area (Å²) in [6.07, 6.45) is 2.35. The van der Waals surface area contributed by atoms with Crippen molar-refractivity contribution in [2.75, 3.05) is 6.67 Å². The molecule has 0 bridgehead atoms. The molecule has 0 fully saturated rings. The Bertz CT molecular complexity index is 262. The smallest absolute Gasteiger partial charge is 0.117 e. The van der Waals surface area contributed by atoms with Gasteiger partial charge in [-0.2, -0.15) is 5.10 Å². The molecule has 0 amide bonds. The maximum absolute atomic E-state index is 11.9. The number of rotatable bonds is 4. The van der Waals surface area contributed by atoms with Gasteiger partial charge in [-0.15, -0.1) is 0 Å². The molecule has 13 heavy (non-hydrogen) atoms. The molecule has 1 heterocycles. The molecule has 1 rings (SSSR count). The predicted molar refractivity (Wildman–Crippen MR) is 46.8 cm³/mol. The lowest BCUT2D eigenvalue weighted by Crippen LogP contribution is -2.18. The highest BCUT2D eigenvalue weighted by atomic mass is 19.1. The van der Waals surface area contributed by atoms with Crippen molar-refractivity contribution in [1.82, 2.24) is 9.78 Å². The number of hydrogen-bond donors (Lipinski definition) is 2. The van der Waals surface area contributed by atoms with E-state index in [1.807, 2.05) is 6.92 Å². The highest BCUT2D eigenvalue weighted by molar-refractivity contribution is 5.08. The minimum atomic E-state index is -0.985. The Hall–Kier alpha value is -0.940. The van der Waals surface area contributed by atoms with Gasteiger partial charge in [-0.3, -0.25) is 4.68 Å². The zero-order chi connectivity index (χ0) is 9.84. The van der Waals surface area contributed by atoms with Crippen LogP contribution in [0, 0.1) is 0 Å². The molecule has 0 aliphatic heterocycles. The molecule has 5 heteroatoms. The van der Waals surface area contributed by atoms with E-state index in [4.69, 9.17) is 10.8 Å². The third-order valence-electron chi connectivity index (χ3n) is 1.75. The average molecular weight is 187 g/mol. The molecular formula is C8H14FN3O. The summed E-state index contributed by atoms with van der Waals surface area (Å²) in [6.45, 7) is 1.25. The number of hydrogen-bond acceptors (Lipinski definition) is 3. The number of nitrogens with two attached hydrogens (primary N) is 1. The van der Waals surface area contributed by atoms with Crippen LogP contribution in [0.1, 0.15) is 18.5 Å². The third kappa shape index (κ3) is 2.78. The molecule has 0 aromatic carbocycles. The van der Waals surface area contributed by atoms with E-state index in [9.17, 15) is 4.39 Å². The summed E-state index contributed by atoms with van der Waals surface area (Å²) >= 11 is 0. The third-order valence-corrected chi connectivity index (χ3v) is 1.75. The van der Waals surface area contributed by atoms with Gasteiger partial charge in [-0.25, -0.2) is 4.39 Å². The SMILES string of the molecule is C[C@H](N)c1cnn(CC(O)CF)c1. The zero-order valence-corrected chi connectivity index (χ0v) is 7.52. The van der Waals surface area contributed by atoms with E-state index < -0.39 is 12.8 Å². The normalized spacial score (nSPS) is 15.7. The summed E-state index contributed by atoms with van der Waals surface area (Å²) in [6, 6.07) is -0.0868. The van der Waals surface area contributed by atoms with Crippen LogP contribution in [-0.4, -0.2) is 27.7 Å². The van der Waals surface area contributed by atoms with Gasteiger partial charge >= 0.3 is 0 Å². The molecule has 2 atom stereocenters. The quantitative estimate of drug-likeness (QED) is 0.709. The van der Waals surface area contributed by atoms with Crippen molar-refractivity contribution in [3.05, 3.63) is 18.0 Å².